The summed E-state index contributed by atoms with van der Waals surface area (Å²) in [5.74, 6) is 0.650. The van der Waals surface area contributed by atoms with Crippen molar-refractivity contribution < 1.29 is 0 Å². The SMILES string of the molecule is CCn1cc(/C=C/c2nc3ccccc3c(=O)n2C)c2ccccc21. The molecular formula is C21H19N3O. The summed E-state index contributed by atoms with van der Waals surface area (Å²) in [6.07, 6.45) is 6.08. The fourth-order valence-electron chi connectivity index (χ4n) is 3.22. The van der Waals surface area contributed by atoms with Crippen LogP contribution in [0.3, 0.4) is 0 Å². The minimum Gasteiger partial charge on any atom is -0.347 e. The quantitative estimate of drug-likeness (QED) is 0.568. The molecule has 0 bridgehead atoms. The van der Waals surface area contributed by atoms with Crippen molar-refractivity contribution in [1.82, 2.24) is 14.1 Å². The molecule has 0 saturated carbocycles. The molecule has 0 atom stereocenters. The summed E-state index contributed by atoms with van der Waals surface area (Å²) < 4.78 is 3.82. The number of rotatable bonds is 3. The van der Waals surface area contributed by atoms with Crippen molar-refractivity contribution in [3.8, 4) is 0 Å². The van der Waals surface area contributed by atoms with Gasteiger partial charge >= 0.3 is 0 Å². The number of hydrogen-bond donors (Lipinski definition) is 0. The molecule has 2 aromatic heterocycles. The van der Waals surface area contributed by atoms with Gasteiger partial charge in [-0.15, -0.1) is 0 Å². The molecule has 4 nitrogen and oxygen atoms in total. The molecule has 25 heavy (non-hydrogen) atoms. The third-order valence-corrected chi connectivity index (χ3v) is 4.59. The highest BCUT2D eigenvalue weighted by Gasteiger charge is 2.07. The predicted molar refractivity (Wildman–Crippen MR) is 104 cm³/mol. The van der Waals surface area contributed by atoms with Gasteiger partial charge in [-0.1, -0.05) is 30.3 Å². The van der Waals surface area contributed by atoms with E-state index in [0.717, 1.165) is 17.6 Å². The Labute approximate surface area is 145 Å². The minimum absolute atomic E-state index is 0.0266. The summed E-state index contributed by atoms with van der Waals surface area (Å²) in [6, 6.07) is 15.8. The van der Waals surface area contributed by atoms with Crippen LogP contribution in [0.2, 0.25) is 0 Å². The smallest absolute Gasteiger partial charge is 0.261 e. The summed E-state index contributed by atoms with van der Waals surface area (Å²) in [5, 5.41) is 1.84. The Morgan fingerprint density at radius 3 is 2.52 bits per heavy atom. The van der Waals surface area contributed by atoms with E-state index in [-0.39, 0.29) is 5.56 Å². The van der Waals surface area contributed by atoms with Crippen molar-refractivity contribution in [2.75, 3.05) is 0 Å². The molecule has 0 saturated heterocycles. The molecule has 2 heterocycles. The Bertz CT molecular complexity index is 1160. The van der Waals surface area contributed by atoms with Crippen molar-refractivity contribution >= 4 is 34.0 Å². The molecule has 4 rings (SSSR count). The molecule has 0 spiro atoms. The van der Waals surface area contributed by atoms with Crippen LogP contribution in [0.4, 0.5) is 0 Å². The number of fused-ring (bicyclic) bond motifs is 2. The van der Waals surface area contributed by atoms with E-state index in [4.69, 9.17) is 0 Å². The van der Waals surface area contributed by atoms with Gasteiger partial charge in [0.1, 0.15) is 5.82 Å². The standard InChI is InChI=1S/C21H19N3O/c1-3-24-14-15(16-8-5-7-11-19(16)24)12-13-20-22-18-10-6-4-9-17(18)21(25)23(20)2/h4-14H,3H2,1-2H3/b13-12+. The fraction of sp³-hybridized carbons (Fsp3) is 0.143. The van der Waals surface area contributed by atoms with E-state index in [9.17, 15) is 4.79 Å². The van der Waals surface area contributed by atoms with Gasteiger partial charge in [0.15, 0.2) is 0 Å². The fourth-order valence-corrected chi connectivity index (χ4v) is 3.22. The van der Waals surface area contributed by atoms with Gasteiger partial charge in [0.2, 0.25) is 0 Å². The highest BCUT2D eigenvalue weighted by atomic mass is 16.1. The van der Waals surface area contributed by atoms with Gasteiger partial charge < -0.3 is 4.57 Å². The van der Waals surface area contributed by atoms with Gasteiger partial charge in [0.05, 0.1) is 10.9 Å². The van der Waals surface area contributed by atoms with Crippen LogP contribution in [-0.4, -0.2) is 14.1 Å². The lowest BCUT2D eigenvalue weighted by Crippen LogP contribution is -2.20. The van der Waals surface area contributed by atoms with E-state index in [0.29, 0.717) is 11.2 Å². The molecule has 0 aliphatic heterocycles. The molecule has 2 aromatic carbocycles. The first-order valence-corrected chi connectivity index (χ1v) is 8.40. The maximum atomic E-state index is 12.5. The van der Waals surface area contributed by atoms with Gasteiger partial charge in [0, 0.05) is 36.3 Å². The van der Waals surface area contributed by atoms with Crippen LogP contribution in [0.1, 0.15) is 18.3 Å². The van der Waals surface area contributed by atoms with Crippen molar-refractivity contribution in [2.24, 2.45) is 7.05 Å². The number of benzene rings is 2. The minimum atomic E-state index is -0.0266. The summed E-state index contributed by atoms with van der Waals surface area (Å²) in [6.45, 7) is 3.05. The van der Waals surface area contributed by atoms with Crippen molar-refractivity contribution in [2.45, 2.75) is 13.5 Å². The first-order valence-electron chi connectivity index (χ1n) is 8.40. The first-order chi connectivity index (χ1) is 12.2. The highest BCUT2D eigenvalue weighted by molar-refractivity contribution is 5.92. The largest absolute Gasteiger partial charge is 0.347 e. The zero-order chi connectivity index (χ0) is 17.4. The second-order valence-electron chi connectivity index (χ2n) is 6.07. The molecule has 124 valence electrons. The predicted octanol–water partition coefficient (Wildman–Crippen LogP) is 4.08. The summed E-state index contributed by atoms with van der Waals surface area (Å²) in [7, 11) is 1.76. The molecule has 0 amide bonds. The monoisotopic (exact) mass is 329 g/mol. The van der Waals surface area contributed by atoms with Crippen LogP contribution in [0, 0.1) is 0 Å². The van der Waals surface area contributed by atoms with E-state index >= 15 is 0 Å². The number of hydrogen-bond acceptors (Lipinski definition) is 2. The maximum Gasteiger partial charge on any atom is 0.261 e. The molecule has 0 radical (unpaired) electrons. The highest BCUT2D eigenvalue weighted by Crippen LogP contribution is 2.23. The third kappa shape index (κ3) is 2.56. The normalized spacial score (nSPS) is 11.8. The zero-order valence-electron chi connectivity index (χ0n) is 14.3. The van der Waals surface area contributed by atoms with E-state index in [1.807, 2.05) is 42.5 Å². The Morgan fingerprint density at radius 2 is 1.72 bits per heavy atom. The van der Waals surface area contributed by atoms with Crippen LogP contribution >= 0.6 is 0 Å². The molecular weight excluding hydrogens is 310 g/mol. The Hall–Kier alpha value is -3.14. The molecule has 0 aliphatic carbocycles. The van der Waals surface area contributed by atoms with Gasteiger partial charge in [-0.3, -0.25) is 9.36 Å². The van der Waals surface area contributed by atoms with Crippen LogP contribution < -0.4 is 5.56 Å². The topological polar surface area (TPSA) is 39.8 Å². The maximum absolute atomic E-state index is 12.5. The Kier molecular flexibility index (Phi) is 3.73. The van der Waals surface area contributed by atoms with Crippen LogP contribution in [0.15, 0.2) is 59.5 Å². The number of para-hydroxylation sites is 2. The van der Waals surface area contributed by atoms with Crippen molar-refractivity contribution in [3.63, 3.8) is 0 Å². The van der Waals surface area contributed by atoms with Crippen molar-refractivity contribution in [1.29, 1.82) is 0 Å². The van der Waals surface area contributed by atoms with E-state index < -0.39 is 0 Å². The van der Waals surface area contributed by atoms with E-state index in [1.54, 1.807) is 11.6 Å². The summed E-state index contributed by atoms with van der Waals surface area (Å²) in [5.41, 5.74) is 3.03. The van der Waals surface area contributed by atoms with Gasteiger partial charge in [0.25, 0.3) is 5.56 Å². The molecule has 0 fully saturated rings. The molecule has 0 unspecified atom stereocenters. The average molecular weight is 329 g/mol. The van der Waals surface area contributed by atoms with Crippen LogP contribution in [-0.2, 0) is 13.6 Å². The Morgan fingerprint density at radius 1 is 1.00 bits per heavy atom. The van der Waals surface area contributed by atoms with Gasteiger partial charge in [-0.05, 0) is 37.3 Å². The molecule has 4 aromatic rings. The van der Waals surface area contributed by atoms with Crippen molar-refractivity contribution in [3.05, 3.63) is 76.5 Å². The lowest BCUT2D eigenvalue weighted by atomic mass is 10.1. The average Bonchev–Trinajstić information content (AvgIpc) is 3.01. The molecule has 4 heteroatoms. The van der Waals surface area contributed by atoms with E-state index in [2.05, 4.69) is 40.9 Å². The first kappa shape index (κ1) is 15.4. The number of aromatic nitrogens is 3. The summed E-state index contributed by atoms with van der Waals surface area (Å²) >= 11 is 0. The lowest BCUT2D eigenvalue weighted by molar-refractivity contribution is 0.797. The van der Waals surface area contributed by atoms with Crippen LogP contribution in [0.25, 0.3) is 34.0 Å². The number of nitrogens with zero attached hydrogens (tertiary/aromatic N) is 3. The van der Waals surface area contributed by atoms with Crippen LogP contribution in [0.5, 0.6) is 0 Å². The second-order valence-corrected chi connectivity index (χ2v) is 6.07. The second kappa shape index (κ2) is 6.06. The third-order valence-electron chi connectivity index (χ3n) is 4.59. The number of aryl methyl sites for hydroxylation is 1. The van der Waals surface area contributed by atoms with Gasteiger partial charge in [-0.25, -0.2) is 4.98 Å². The van der Waals surface area contributed by atoms with Gasteiger partial charge in [-0.2, -0.15) is 0 Å². The summed E-state index contributed by atoms with van der Waals surface area (Å²) in [4.78, 5) is 17.1. The van der Waals surface area contributed by atoms with E-state index in [1.165, 1.54) is 10.9 Å². The zero-order valence-corrected chi connectivity index (χ0v) is 14.3. The molecule has 0 aliphatic rings. The lowest BCUT2D eigenvalue weighted by Gasteiger charge is -2.05. The molecule has 0 N–H and O–H groups in total. The Balaban J connectivity index is 1.85.